The second-order valence-corrected chi connectivity index (χ2v) is 6.62. The molecule has 0 saturated heterocycles. The fourth-order valence-electron chi connectivity index (χ4n) is 1.50. The topological polar surface area (TPSA) is 79.3 Å². The summed E-state index contributed by atoms with van der Waals surface area (Å²) >= 11 is 1.27. The number of sulfonamides is 1. The van der Waals surface area contributed by atoms with Crippen LogP contribution in [0.5, 0.6) is 0 Å². The van der Waals surface area contributed by atoms with Crippen molar-refractivity contribution in [3.05, 3.63) is 40.3 Å². The molecule has 2 aromatic rings. The van der Waals surface area contributed by atoms with Crippen molar-refractivity contribution in [1.29, 1.82) is 0 Å². The minimum Gasteiger partial charge on any atom is -0.391 e. The monoisotopic (exact) mass is 284 g/mol. The summed E-state index contributed by atoms with van der Waals surface area (Å²) in [5, 5.41) is 9.02. The minimum atomic E-state index is -3.61. The quantitative estimate of drug-likeness (QED) is 0.896. The first-order chi connectivity index (χ1) is 8.53. The van der Waals surface area contributed by atoms with Crippen LogP contribution in [-0.4, -0.2) is 18.5 Å². The highest BCUT2D eigenvalue weighted by Crippen LogP contribution is 2.27. The molecule has 0 aliphatic carbocycles. The number of hydrogen-bond acceptors (Lipinski definition) is 5. The average molecular weight is 284 g/mol. The zero-order valence-electron chi connectivity index (χ0n) is 9.62. The maximum Gasteiger partial charge on any atom is 0.263 e. The third kappa shape index (κ3) is 2.69. The van der Waals surface area contributed by atoms with E-state index in [1.165, 1.54) is 29.8 Å². The van der Waals surface area contributed by atoms with Crippen LogP contribution in [0.2, 0.25) is 0 Å². The molecule has 0 fully saturated rings. The lowest BCUT2D eigenvalue weighted by Crippen LogP contribution is -2.13. The van der Waals surface area contributed by atoms with Crippen LogP contribution in [0.1, 0.15) is 9.75 Å². The Morgan fingerprint density at radius 1 is 1.39 bits per heavy atom. The van der Waals surface area contributed by atoms with Crippen molar-refractivity contribution >= 4 is 27.0 Å². The van der Waals surface area contributed by atoms with Crippen molar-refractivity contribution in [1.82, 2.24) is 4.98 Å². The van der Waals surface area contributed by atoms with Crippen molar-refractivity contribution in [2.45, 2.75) is 18.4 Å². The first-order valence-corrected chi connectivity index (χ1v) is 7.46. The highest BCUT2D eigenvalue weighted by atomic mass is 32.2. The van der Waals surface area contributed by atoms with E-state index in [0.717, 1.165) is 0 Å². The minimum absolute atomic E-state index is 0.156. The van der Waals surface area contributed by atoms with E-state index in [-0.39, 0.29) is 11.5 Å². The summed E-state index contributed by atoms with van der Waals surface area (Å²) in [6.45, 7) is 1.56. The van der Waals surface area contributed by atoms with Crippen molar-refractivity contribution in [3.8, 4) is 0 Å². The smallest absolute Gasteiger partial charge is 0.263 e. The molecule has 0 atom stereocenters. The molecule has 0 unspecified atom stereocenters. The van der Waals surface area contributed by atoms with E-state index in [9.17, 15) is 8.42 Å². The lowest BCUT2D eigenvalue weighted by Gasteiger charge is -2.06. The van der Waals surface area contributed by atoms with Crippen LogP contribution in [-0.2, 0) is 16.6 Å². The van der Waals surface area contributed by atoms with E-state index in [0.29, 0.717) is 15.4 Å². The summed E-state index contributed by atoms with van der Waals surface area (Å²) in [4.78, 5) is 5.30. The van der Waals surface area contributed by atoms with E-state index in [1.807, 2.05) is 0 Å². The van der Waals surface area contributed by atoms with Gasteiger partial charge in [0.1, 0.15) is 4.90 Å². The lowest BCUT2D eigenvalue weighted by atomic mass is 10.4. The van der Waals surface area contributed by atoms with Gasteiger partial charge in [0, 0.05) is 22.1 Å². The molecule has 0 radical (unpaired) electrons. The number of aliphatic hydroxyl groups is 1. The largest absolute Gasteiger partial charge is 0.391 e. The SMILES string of the molecule is Cc1sc(CO)cc1S(=O)(=O)Nc1ccncc1. The second-order valence-electron chi connectivity index (χ2n) is 3.63. The van der Waals surface area contributed by atoms with Gasteiger partial charge >= 0.3 is 0 Å². The van der Waals surface area contributed by atoms with Crippen LogP contribution < -0.4 is 4.72 Å². The van der Waals surface area contributed by atoms with Crippen molar-refractivity contribution in [3.63, 3.8) is 0 Å². The molecule has 2 heterocycles. The Morgan fingerprint density at radius 3 is 2.61 bits per heavy atom. The van der Waals surface area contributed by atoms with Crippen molar-refractivity contribution in [2.75, 3.05) is 4.72 Å². The lowest BCUT2D eigenvalue weighted by molar-refractivity contribution is 0.285. The Labute approximate surface area is 109 Å². The first-order valence-electron chi connectivity index (χ1n) is 5.16. The standard InChI is InChI=1S/C11H12N2O3S2/c1-8-11(6-10(7-14)17-8)18(15,16)13-9-2-4-12-5-3-9/h2-6,14H,7H2,1H3,(H,12,13). The number of rotatable bonds is 4. The van der Waals surface area contributed by atoms with Gasteiger partial charge in [0.15, 0.2) is 0 Å². The second kappa shape index (κ2) is 5.05. The van der Waals surface area contributed by atoms with Gasteiger partial charge in [0.05, 0.1) is 12.3 Å². The number of nitrogens with zero attached hydrogens (tertiary/aromatic N) is 1. The number of nitrogens with one attached hydrogen (secondary N) is 1. The van der Waals surface area contributed by atoms with Crippen LogP contribution in [0.4, 0.5) is 5.69 Å². The summed E-state index contributed by atoms with van der Waals surface area (Å²) in [6.07, 6.45) is 3.02. The molecule has 0 spiro atoms. The molecule has 2 aromatic heterocycles. The molecule has 0 aliphatic heterocycles. The molecular weight excluding hydrogens is 272 g/mol. The highest BCUT2D eigenvalue weighted by Gasteiger charge is 2.19. The van der Waals surface area contributed by atoms with Gasteiger partial charge in [-0.15, -0.1) is 11.3 Å². The molecule has 2 N–H and O–H groups in total. The number of aryl methyl sites for hydroxylation is 1. The fourth-order valence-corrected chi connectivity index (χ4v) is 4.05. The Kier molecular flexibility index (Phi) is 3.65. The normalized spacial score (nSPS) is 11.4. The van der Waals surface area contributed by atoms with Gasteiger partial charge in [-0.05, 0) is 25.1 Å². The van der Waals surface area contributed by atoms with Gasteiger partial charge in [-0.1, -0.05) is 0 Å². The third-order valence-electron chi connectivity index (χ3n) is 2.30. The number of aromatic nitrogens is 1. The molecule has 2 rings (SSSR count). The predicted molar refractivity (Wildman–Crippen MR) is 70.0 cm³/mol. The summed E-state index contributed by atoms with van der Waals surface area (Å²) in [7, 11) is -3.61. The molecule has 0 aliphatic rings. The Balaban J connectivity index is 2.34. The summed E-state index contributed by atoms with van der Waals surface area (Å²) in [5.74, 6) is 0. The van der Waals surface area contributed by atoms with Gasteiger partial charge in [0.25, 0.3) is 10.0 Å². The zero-order valence-corrected chi connectivity index (χ0v) is 11.3. The maximum atomic E-state index is 12.1. The fraction of sp³-hybridized carbons (Fsp3) is 0.182. The molecule has 7 heteroatoms. The predicted octanol–water partition coefficient (Wildman–Crippen LogP) is 1.74. The van der Waals surface area contributed by atoms with Gasteiger partial charge in [-0.25, -0.2) is 8.42 Å². The van der Waals surface area contributed by atoms with E-state index in [2.05, 4.69) is 9.71 Å². The Hall–Kier alpha value is -1.44. The molecule has 0 saturated carbocycles. The Morgan fingerprint density at radius 2 is 2.06 bits per heavy atom. The van der Waals surface area contributed by atoms with E-state index < -0.39 is 10.0 Å². The van der Waals surface area contributed by atoms with Crippen LogP contribution in [0.25, 0.3) is 0 Å². The van der Waals surface area contributed by atoms with Gasteiger partial charge in [0.2, 0.25) is 0 Å². The van der Waals surface area contributed by atoms with Crippen LogP contribution in [0.3, 0.4) is 0 Å². The summed E-state index contributed by atoms with van der Waals surface area (Å²) in [5.41, 5.74) is 0.459. The Bertz CT molecular complexity index is 636. The highest BCUT2D eigenvalue weighted by molar-refractivity contribution is 7.93. The van der Waals surface area contributed by atoms with E-state index in [4.69, 9.17) is 5.11 Å². The number of aliphatic hydroxyl groups excluding tert-OH is 1. The number of pyridine rings is 1. The molecule has 18 heavy (non-hydrogen) atoms. The van der Waals surface area contributed by atoms with Crippen molar-refractivity contribution in [2.24, 2.45) is 0 Å². The molecule has 0 amide bonds. The number of hydrogen-bond donors (Lipinski definition) is 2. The van der Waals surface area contributed by atoms with E-state index >= 15 is 0 Å². The molecule has 5 nitrogen and oxygen atoms in total. The van der Waals surface area contributed by atoms with Gasteiger partial charge in [-0.3, -0.25) is 9.71 Å². The van der Waals surface area contributed by atoms with Crippen LogP contribution in [0, 0.1) is 6.92 Å². The summed E-state index contributed by atoms with van der Waals surface area (Å²) < 4.78 is 26.8. The van der Waals surface area contributed by atoms with Crippen LogP contribution in [0.15, 0.2) is 35.5 Å². The van der Waals surface area contributed by atoms with Crippen LogP contribution >= 0.6 is 11.3 Å². The van der Waals surface area contributed by atoms with Gasteiger partial charge < -0.3 is 5.11 Å². The maximum absolute atomic E-state index is 12.1. The van der Waals surface area contributed by atoms with E-state index in [1.54, 1.807) is 19.1 Å². The number of thiophene rings is 1. The molecule has 96 valence electrons. The number of anilines is 1. The molecule has 0 bridgehead atoms. The average Bonchev–Trinajstić information content (AvgIpc) is 2.72. The third-order valence-corrected chi connectivity index (χ3v) is 4.97. The van der Waals surface area contributed by atoms with Gasteiger partial charge in [-0.2, -0.15) is 0 Å². The molecule has 0 aromatic carbocycles. The first kappa shape index (κ1) is 13.0. The summed E-state index contributed by atoms with van der Waals surface area (Å²) in [6, 6.07) is 4.64. The van der Waals surface area contributed by atoms with Crippen molar-refractivity contribution < 1.29 is 13.5 Å². The molecular formula is C11H12N2O3S2. The zero-order chi connectivity index (χ0) is 13.2.